The number of aromatic nitrogens is 2. The van der Waals surface area contributed by atoms with E-state index in [-0.39, 0.29) is 4.91 Å². The molecule has 0 saturated heterocycles. The number of imidazole rings is 1. The Morgan fingerprint density at radius 3 is 2.75 bits per heavy atom. The molecule has 0 atom stereocenters. The number of rotatable bonds is 6. The molecule has 0 aliphatic carbocycles. The molecular formula is C18H16N2O3S. The number of hydrogen-bond donors (Lipinski definition) is 2. The molecule has 2 aromatic carbocycles. The van der Waals surface area contributed by atoms with Crippen molar-refractivity contribution in [2.45, 2.75) is 12.1 Å². The highest BCUT2D eigenvalue weighted by molar-refractivity contribution is 8.04. The summed E-state index contributed by atoms with van der Waals surface area (Å²) in [6, 6.07) is 14.9. The fraction of sp³-hybridized carbons (Fsp3) is 0.111. The van der Waals surface area contributed by atoms with Crippen LogP contribution in [0.2, 0.25) is 0 Å². The van der Waals surface area contributed by atoms with Crippen molar-refractivity contribution in [3.8, 4) is 5.75 Å². The van der Waals surface area contributed by atoms with Gasteiger partial charge < -0.3 is 14.8 Å². The van der Waals surface area contributed by atoms with Crippen molar-refractivity contribution < 1.29 is 14.6 Å². The van der Waals surface area contributed by atoms with E-state index in [1.165, 1.54) is 0 Å². The molecule has 3 aromatic rings. The van der Waals surface area contributed by atoms with Crippen LogP contribution >= 0.6 is 11.8 Å². The van der Waals surface area contributed by atoms with Crippen molar-refractivity contribution in [1.29, 1.82) is 0 Å². The van der Waals surface area contributed by atoms with Crippen molar-refractivity contribution in [2.75, 3.05) is 6.61 Å². The number of carboxylic acids is 1. The number of aliphatic carboxylic acids is 1. The van der Waals surface area contributed by atoms with Crippen molar-refractivity contribution >= 4 is 34.8 Å². The van der Waals surface area contributed by atoms with Gasteiger partial charge in [-0.15, -0.1) is 0 Å². The van der Waals surface area contributed by atoms with Gasteiger partial charge in [-0.05, 0) is 43.0 Å². The van der Waals surface area contributed by atoms with Gasteiger partial charge in [0.1, 0.15) is 10.7 Å². The second-order valence-corrected chi connectivity index (χ2v) is 5.98. The first kappa shape index (κ1) is 16.1. The van der Waals surface area contributed by atoms with Crippen LogP contribution in [0.1, 0.15) is 12.5 Å². The number of thioether (sulfide) groups is 1. The summed E-state index contributed by atoms with van der Waals surface area (Å²) in [5.74, 6) is -0.351. The van der Waals surface area contributed by atoms with E-state index in [9.17, 15) is 9.90 Å². The number of H-pyrrole nitrogens is 1. The molecule has 0 aliphatic heterocycles. The second kappa shape index (κ2) is 7.23. The summed E-state index contributed by atoms with van der Waals surface area (Å²) >= 11 is 1.08. The lowest BCUT2D eigenvalue weighted by molar-refractivity contribution is -0.131. The molecule has 0 fully saturated rings. The monoisotopic (exact) mass is 340 g/mol. The van der Waals surface area contributed by atoms with Crippen molar-refractivity contribution in [3.63, 3.8) is 0 Å². The van der Waals surface area contributed by atoms with Crippen LogP contribution in [-0.4, -0.2) is 27.7 Å². The maximum atomic E-state index is 11.6. The first-order chi connectivity index (χ1) is 11.7. The minimum atomic E-state index is -1.01. The van der Waals surface area contributed by atoms with E-state index in [1.54, 1.807) is 6.08 Å². The molecule has 1 heterocycles. The van der Waals surface area contributed by atoms with Crippen molar-refractivity contribution in [3.05, 3.63) is 59.0 Å². The Hall–Kier alpha value is -2.73. The number of ether oxygens (including phenoxy) is 1. The highest BCUT2D eigenvalue weighted by Gasteiger charge is 2.14. The Bertz CT molecular complexity index is 869. The molecule has 122 valence electrons. The number of fused-ring (bicyclic) bond motifs is 1. The summed E-state index contributed by atoms with van der Waals surface area (Å²) in [6.45, 7) is 2.41. The van der Waals surface area contributed by atoms with Gasteiger partial charge in [-0.2, -0.15) is 0 Å². The second-order valence-electron chi connectivity index (χ2n) is 4.95. The number of nitrogens with one attached hydrogen (secondary N) is 1. The average Bonchev–Trinajstić information content (AvgIpc) is 2.98. The summed E-state index contributed by atoms with van der Waals surface area (Å²) in [5.41, 5.74) is 2.40. The van der Waals surface area contributed by atoms with Crippen LogP contribution in [0.4, 0.5) is 0 Å². The largest absolute Gasteiger partial charge is 0.493 e. The van der Waals surface area contributed by atoms with E-state index in [4.69, 9.17) is 4.74 Å². The Morgan fingerprint density at radius 2 is 2.00 bits per heavy atom. The number of aromatic amines is 1. The van der Waals surface area contributed by atoms with E-state index in [0.717, 1.165) is 28.4 Å². The molecule has 24 heavy (non-hydrogen) atoms. The minimum Gasteiger partial charge on any atom is -0.493 e. The smallest absolute Gasteiger partial charge is 0.342 e. The van der Waals surface area contributed by atoms with Crippen LogP contribution in [-0.2, 0) is 4.79 Å². The normalized spacial score (nSPS) is 11.6. The van der Waals surface area contributed by atoms with Gasteiger partial charge in [-0.25, -0.2) is 9.78 Å². The molecule has 0 spiro atoms. The van der Waals surface area contributed by atoms with Gasteiger partial charge in [0.15, 0.2) is 5.16 Å². The van der Waals surface area contributed by atoms with Crippen LogP contribution in [0, 0.1) is 0 Å². The highest BCUT2D eigenvalue weighted by atomic mass is 32.2. The number of benzene rings is 2. The first-order valence-corrected chi connectivity index (χ1v) is 8.28. The van der Waals surface area contributed by atoms with Crippen molar-refractivity contribution in [1.82, 2.24) is 9.97 Å². The lowest BCUT2D eigenvalue weighted by Crippen LogP contribution is -1.99. The van der Waals surface area contributed by atoms with Gasteiger partial charge in [0, 0.05) is 5.56 Å². The fourth-order valence-electron chi connectivity index (χ4n) is 2.24. The van der Waals surface area contributed by atoms with Crippen LogP contribution in [0.25, 0.3) is 17.1 Å². The molecule has 2 N–H and O–H groups in total. The molecule has 0 bridgehead atoms. The molecule has 0 saturated carbocycles. The van der Waals surface area contributed by atoms with E-state index in [1.807, 2.05) is 55.5 Å². The van der Waals surface area contributed by atoms with Crippen molar-refractivity contribution in [2.24, 2.45) is 0 Å². The third-order valence-corrected chi connectivity index (χ3v) is 4.19. The molecule has 5 nitrogen and oxygen atoms in total. The lowest BCUT2D eigenvalue weighted by atomic mass is 10.2. The van der Waals surface area contributed by atoms with Gasteiger partial charge in [-0.3, -0.25) is 0 Å². The molecule has 0 unspecified atom stereocenters. The molecule has 0 radical (unpaired) electrons. The van der Waals surface area contributed by atoms with Gasteiger partial charge in [0.25, 0.3) is 0 Å². The maximum absolute atomic E-state index is 11.6. The number of carbonyl (C=O) groups is 1. The average molecular weight is 340 g/mol. The molecule has 6 heteroatoms. The molecule has 0 aliphatic rings. The van der Waals surface area contributed by atoms with Crippen LogP contribution in [0.3, 0.4) is 0 Å². The molecular weight excluding hydrogens is 324 g/mol. The van der Waals surface area contributed by atoms with Crippen LogP contribution in [0.5, 0.6) is 5.75 Å². The summed E-state index contributed by atoms with van der Waals surface area (Å²) in [4.78, 5) is 19.3. The topological polar surface area (TPSA) is 75.2 Å². The Labute approximate surface area is 143 Å². The fourth-order valence-corrected chi connectivity index (χ4v) is 3.03. The Morgan fingerprint density at radius 1 is 1.25 bits per heavy atom. The maximum Gasteiger partial charge on any atom is 0.342 e. The zero-order valence-electron chi connectivity index (χ0n) is 13.0. The number of para-hydroxylation sites is 3. The Balaban J connectivity index is 1.94. The highest BCUT2D eigenvalue weighted by Crippen LogP contribution is 2.30. The van der Waals surface area contributed by atoms with E-state index in [2.05, 4.69) is 9.97 Å². The van der Waals surface area contributed by atoms with Gasteiger partial charge >= 0.3 is 5.97 Å². The number of hydrogen-bond acceptors (Lipinski definition) is 4. The Kier molecular flexibility index (Phi) is 4.86. The van der Waals surface area contributed by atoms with E-state index >= 15 is 0 Å². The summed E-state index contributed by atoms with van der Waals surface area (Å²) in [7, 11) is 0. The summed E-state index contributed by atoms with van der Waals surface area (Å²) < 4.78 is 5.55. The summed E-state index contributed by atoms with van der Waals surface area (Å²) in [6.07, 6.45) is 1.60. The van der Waals surface area contributed by atoms with Gasteiger partial charge in [0.05, 0.1) is 17.6 Å². The standard InChI is InChI=1S/C18H16N2O3S/c1-2-23-15-10-6-3-7-12(15)11-16(17(21)22)24-18-19-13-8-4-5-9-14(13)20-18/h3-11H,2H2,1H3,(H,19,20)(H,21,22)/b16-11-. The third kappa shape index (κ3) is 3.60. The van der Waals surface area contributed by atoms with Crippen LogP contribution < -0.4 is 4.74 Å². The first-order valence-electron chi connectivity index (χ1n) is 7.47. The quantitative estimate of drug-likeness (QED) is 0.520. The number of nitrogens with zero attached hydrogens (tertiary/aromatic N) is 1. The molecule has 1 aromatic heterocycles. The predicted molar refractivity (Wildman–Crippen MR) is 95.2 cm³/mol. The molecule has 0 amide bonds. The summed E-state index contributed by atoms with van der Waals surface area (Å²) in [5, 5.41) is 10.1. The minimum absolute atomic E-state index is 0.168. The van der Waals surface area contributed by atoms with Gasteiger partial charge in [0.2, 0.25) is 0 Å². The van der Waals surface area contributed by atoms with Gasteiger partial charge in [-0.1, -0.05) is 30.3 Å². The zero-order valence-corrected chi connectivity index (χ0v) is 13.8. The van der Waals surface area contributed by atoms with E-state index < -0.39 is 5.97 Å². The molecule has 3 rings (SSSR count). The third-order valence-electron chi connectivity index (χ3n) is 3.29. The van der Waals surface area contributed by atoms with Crippen LogP contribution in [0.15, 0.2) is 58.6 Å². The predicted octanol–water partition coefficient (Wildman–Crippen LogP) is 4.18. The SMILES string of the molecule is CCOc1ccccc1/C=C(\Sc1nc2ccccc2[nH]1)C(=O)O. The lowest BCUT2D eigenvalue weighted by Gasteiger charge is -2.07. The zero-order chi connectivity index (χ0) is 16.9. The van der Waals surface area contributed by atoms with E-state index in [0.29, 0.717) is 17.5 Å². The number of carboxylic acid groups (broad SMARTS) is 1.